The Morgan fingerprint density at radius 3 is 2.43 bits per heavy atom. The van der Waals surface area contributed by atoms with Crippen LogP contribution in [0.25, 0.3) is 0 Å². The summed E-state index contributed by atoms with van der Waals surface area (Å²) in [7, 11) is 0. The maximum absolute atomic E-state index is 12.8. The molecule has 112 valence electrons. The zero-order valence-corrected chi connectivity index (χ0v) is 12.8. The molecular formula is C17H23N3O. The number of rotatable bonds is 2. The summed E-state index contributed by atoms with van der Waals surface area (Å²) in [5.41, 5.74) is 2.12. The summed E-state index contributed by atoms with van der Waals surface area (Å²) in [5, 5.41) is 9.48. The molecule has 1 saturated heterocycles. The molecule has 0 amide bonds. The van der Waals surface area contributed by atoms with E-state index in [1.165, 1.54) is 19.3 Å². The van der Waals surface area contributed by atoms with Gasteiger partial charge in [0.15, 0.2) is 0 Å². The molecule has 1 saturated carbocycles. The van der Waals surface area contributed by atoms with Crippen LogP contribution in [0.2, 0.25) is 0 Å². The minimum Gasteiger partial charge on any atom is -0.370 e. The van der Waals surface area contributed by atoms with Gasteiger partial charge in [-0.05, 0) is 38.7 Å². The molecule has 1 aromatic heterocycles. The fourth-order valence-corrected chi connectivity index (χ4v) is 3.84. The highest BCUT2D eigenvalue weighted by Crippen LogP contribution is 2.30. The van der Waals surface area contributed by atoms with Crippen LogP contribution >= 0.6 is 0 Å². The van der Waals surface area contributed by atoms with Crippen molar-refractivity contribution < 1.29 is 0 Å². The lowest BCUT2D eigenvalue weighted by Gasteiger charge is -2.28. The molecule has 4 nitrogen and oxygen atoms in total. The first-order valence-electron chi connectivity index (χ1n) is 8.13. The Bertz CT molecular complexity index is 614. The third-order valence-corrected chi connectivity index (χ3v) is 4.91. The molecule has 2 heterocycles. The lowest BCUT2D eigenvalue weighted by Crippen LogP contribution is -2.32. The minimum atomic E-state index is -0.0775. The predicted molar refractivity (Wildman–Crippen MR) is 83.7 cm³/mol. The summed E-state index contributed by atoms with van der Waals surface area (Å²) in [6, 6.07) is 4.51. The van der Waals surface area contributed by atoms with Gasteiger partial charge in [0.05, 0.1) is 5.69 Å². The number of aryl methyl sites for hydroxylation is 1. The van der Waals surface area contributed by atoms with Crippen molar-refractivity contribution in [3.63, 3.8) is 0 Å². The summed E-state index contributed by atoms with van der Waals surface area (Å²) in [6.07, 6.45) is 8.06. The number of aromatic nitrogens is 1. The van der Waals surface area contributed by atoms with Gasteiger partial charge in [0, 0.05) is 24.8 Å². The standard InChI is InChI=1S/C17H23N3O/c1-13-11-16(19-9-5-6-10-19)15(12-18)17(21)20(13)14-7-3-2-4-8-14/h11,14H,2-10H2,1H3. The Morgan fingerprint density at radius 1 is 1.14 bits per heavy atom. The third kappa shape index (κ3) is 2.57. The molecule has 1 aromatic rings. The van der Waals surface area contributed by atoms with Gasteiger partial charge in [-0.15, -0.1) is 0 Å². The van der Waals surface area contributed by atoms with Crippen molar-refractivity contribution in [2.45, 2.75) is 57.9 Å². The van der Waals surface area contributed by atoms with Crippen molar-refractivity contribution in [1.29, 1.82) is 5.26 Å². The van der Waals surface area contributed by atoms with E-state index in [2.05, 4.69) is 17.0 Å². The van der Waals surface area contributed by atoms with Gasteiger partial charge in [-0.1, -0.05) is 19.3 Å². The lowest BCUT2D eigenvalue weighted by molar-refractivity contribution is 0.341. The normalized spacial score (nSPS) is 19.7. The largest absolute Gasteiger partial charge is 0.370 e. The van der Waals surface area contributed by atoms with Crippen molar-refractivity contribution in [2.24, 2.45) is 0 Å². The van der Waals surface area contributed by atoms with Crippen LogP contribution in [0.1, 0.15) is 62.2 Å². The Labute approximate surface area is 126 Å². The maximum atomic E-state index is 12.8. The number of pyridine rings is 1. The second-order valence-electron chi connectivity index (χ2n) is 6.32. The van der Waals surface area contributed by atoms with E-state index in [4.69, 9.17) is 0 Å². The molecule has 0 unspecified atom stereocenters. The van der Waals surface area contributed by atoms with Crippen LogP contribution in [0.4, 0.5) is 5.69 Å². The lowest BCUT2D eigenvalue weighted by atomic mass is 9.94. The molecule has 4 heteroatoms. The molecule has 0 bridgehead atoms. The van der Waals surface area contributed by atoms with Gasteiger partial charge in [-0.25, -0.2) is 0 Å². The summed E-state index contributed by atoms with van der Waals surface area (Å²) in [6.45, 7) is 3.93. The summed E-state index contributed by atoms with van der Waals surface area (Å²) in [5.74, 6) is 0. The van der Waals surface area contributed by atoms with E-state index in [9.17, 15) is 10.1 Å². The topological polar surface area (TPSA) is 49.0 Å². The Balaban J connectivity index is 2.06. The fraction of sp³-hybridized carbons (Fsp3) is 0.647. The van der Waals surface area contributed by atoms with E-state index in [1.807, 2.05) is 11.5 Å². The van der Waals surface area contributed by atoms with Gasteiger partial charge in [-0.3, -0.25) is 4.79 Å². The molecule has 2 fully saturated rings. The summed E-state index contributed by atoms with van der Waals surface area (Å²) >= 11 is 0. The SMILES string of the molecule is Cc1cc(N2CCCC2)c(C#N)c(=O)n1C1CCCCC1. The molecule has 1 aliphatic carbocycles. The highest BCUT2D eigenvalue weighted by atomic mass is 16.1. The van der Waals surface area contributed by atoms with Crippen LogP contribution < -0.4 is 10.5 Å². The molecule has 21 heavy (non-hydrogen) atoms. The highest BCUT2D eigenvalue weighted by molar-refractivity contribution is 5.59. The number of hydrogen-bond acceptors (Lipinski definition) is 3. The predicted octanol–water partition coefficient (Wildman–Crippen LogP) is 3.13. The number of hydrogen-bond donors (Lipinski definition) is 0. The van der Waals surface area contributed by atoms with Gasteiger partial charge in [-0.2, -0.15) is 5.26 Å². The molecule has 3 rings (SSSR count). The molecule has 1 aliphatic heterocycles. The Kier molecular flexibility index (Phi) is 4.01. The molecular weight excluding hydrogens is 262 g/mol. The molecule has 0 aromatic carbocycles. The molecule has 0 atom stereocenters. The number of nitriles is 1. The second kappa shape index (κ2) is 5.93. The van der Waals surface area contributed by atoms with Crippen molar-refractivity contribution in [3.05, 3.63) is 27.7 Å². The van der Waals surface area contributed by atoms with E-state index in [-0.39, 0.29) is 11.6 Å². The smallest absolute Gasteiger partial charge is 0.271 e. The fourth-order valence-electron chi connectivity index (χ4n) is 3.84. The van der Waals surface area contributed by atoms with Crippen molar-refractivity contribution in [2.75, 3.05) is 18.0 Å². The first kappa shape index (κ1) is 14.2. The van der Waals surface area contributed by atoms with Gasteiger partial charge in [0.1, 0.15) is 11.6 Å². The maximum Gasteiger partial charge on any atom is 0.271 e. The van der Waals surface area contributed by atoms with E-state index >= 15 is 0 Å². The molecule has 0 spiro atoms. The Hall–Kier alpha value is -1.76. The molecule has 0 radical (unpaired) electrons. The Morgan fingerprint density at radius 2 is 1.81 bits per heavy atom. The van der Waals surface area contributed by atoms with Crippen LogP contribution in [0.5, 0.6) is 0 Å². The van der Waals surface area contributed by atoms with Crippen LogP contribution in [-0.2, 0) is 0 Å². The third-order valence-electron chi connectivity index (χ3n) is 4.91. The summed E-state index contributed by atoms with van der Waals surface area (Å²) in [4.78, 5) is 15.0. The average Bonchev–Trinajstić information content (AvgIpc) is 3.02. The second-order valence-corrected chi connectivity index (χ2v) is 6.32. The minimum absolute atomic E-state index is 0.0775. The number of nitrogens with zero attached hydrogens (tertiary/aromatic N) is 3. The van der Waals surface area contributed by atoms with Crippen molar-refractivity contribution in [3.8, 4) is 6.07 Å². The van der Waals surface area contributed by atoms with Crippen LogP contribution in [0.15, 0.2) is 10.9 Å². The van der Waals surface area contributed by atoms with Crippen molar-refractivity contribution in [1.82, 2.24) is 4.57 Å². The van der Waals surface area contributed by atoms with E-state index in [0.29, 0.717) is 5.56 Å². The monoisotopic (exact) mass is 285 g/mol. The van der Waals surface area contributed by atoms with Crippen LogP contribution in [-0.4, -0.2) is 17.7 Å². The number of anilines is 1. The van der Waals surface area contributed by atoms with Gasteiger partial charge >= 0.3 is 0 Å². The zero-order valence-electron chi connectivity index (χ0n) is 12.8. The van der Waals surface area contributed by atoms with Crippen LogP contribution in [0, 0.1) is 18.3 Å². The highest BCUT2D eigenvalue weighted by Gasteiger charge is 2.24. The molecule has 2 aliphatic rings. The zero-order chi connectivity index (χ0) is 14.8. The van der Waals surface area contributed by atoms with E-state index in [0.717, 1.165) is 50.2 Å². The van der Waals surface area contributed by atoms with E-state index < -0.39 is 0 Å². The van der Waals surface area contributed by atoms with E-state index in [1.54, 1.807) is 0 Å². The average molecular weight is 285 g/mol. The first-order valence-corrected chi connectivity index (χ1v) is 8.13. The van der Waals surface area contributed by atoms with Crippen molar-refractivity contribution >= 4 is 5.69 Å². The summed E-state index contributed by atoms with van der Waals surface area (Å²) < 4.78 is 1.89. The molecule has 0 N–H and O–H groups in total. The van der Waals surface area contributed by atoms with Gasteiger partial charge < -0.3 is 9.47 Å². The van der Waals surface area contributed by atoms with Gasteiger partial charge in [0.2, 0.25) is 0 Å². The first-order chi connectivity index (χ1) is 10.2. The van der Waals surface area contributed by atoms with Crippen LogP contribution in [0.3, 0.4) is 0 Å². The quantitative estimate of drug-likeness (QED) is 0.838. The van der Waals surface area contributed by atoms with Gasteiger partial charge in [0.25, 0.3) is 5.56 Å².